The van der Waals surface area contributed by atoms with Crippen LogP contribution >= 0.6 is 0 Å². The molecule has 1 atom stereocenters. The Balaban J connectivity index is 1.86. The van der Waals surface area contributed by atoms with Crippen LogP contribution in [0.15, 0.2) is 18.2 Å². The molecule has 0 aliphatic carbocycles. The third kappa shape index (κ3) is 2.83. The van der Waals surface area contributed by atoms with Crippen LogP contribution in [0.5, 0.6) is 0 Å². The Morgan fingerprint density at radius 3 is 2.86 bits per heavy atom. The molecular formula is C16H20FN3O2. The fourth-order valence-electron chi connectivity index (χ4n) is 3.05. The zero-order valence-electron chi connectivity index (χ0n) is 12.6. The molecule has 2 aliphatic heterocycles. The van der Waals surface area contributed by atoms with E-state index in [1.54, 1.807) is 15.9 Å². The van der Waals surface area contributed by atoms with E-state index in [0.29, 0.717) is 38.3 Å². The van der Waals surface area contributed by atoms with E-state index < -0.39 is 5.82 Å². The highest BCUT2D eigenvalue weighted by molar-refractivity contribution is 5.99. The molecule has 118 valence electrons. The standard InChI is InChI=1S/C16H20FN3O2/c1-11-10-19(8-6-18-11)16(22)13-9-12(4-5-14(13)17)20-7-2-3-15(20)21/h4-5,9,11,18H,2-3,6-8,10H2,1H3/t11-/m1/s1. The quantitative estimate of drug-likeness (QED) is 0.898. The van der Waals surface area contributed by atoms with E-state index in [-0.39, 0.29) is 23.4 Å². The molecule has 0 saturated carbocycles. The summed E-state index contributed by atoms with van der Waals surface area (Å²) < 4.78 is 14.1. The molecule has 3 rings (SSSR count). The number of hydrogen-bond donors (Lipinski definition) is 1. The third-order valence-corrected chi connectivity index (χ3v) is 4.22. The van der Waals surface area contributed by atoms with Crippen molar-refractivity contribution >= 4 is 17.5 Å². The molecule has 2 heterocycles. The first-order chi connectivity index (χ1) is 10.6. The minimum Gasteiger partial charge on any atom is -0.336 e. The van der Waals surface area contributed by atoms with Crippen LogP contribution in [0.25, 0.3) is 0 Å². The van der Waals surface area contributed by atoms with E-state index >= 15 is 0 Å². The maximum atomic E-state index is 14.1. The number of nitrogens with zero attached hydrogens (tertiary/aromatic N) is 2. The average Bonchev–Trinajstić information content (AvgIpc) is 2.93. The van der Waals surface area contributed by atoms with Gasteiger partial charge in [0, 0.05) is 44.3 Å². The van der Waals surface area contributed by atoms with Gasteiger partial charge in [-0.1, -0.05) is 0 Å². The Morgan fingerprint density at radius 1 is 1.36 bits per heavy atom. The summed E-state index contributed by atoms with van der Waals surface area (Å²) in [7, 11) is 0. The summed E-state index contributed by atoms with van der Waals surface area (Å²) in [6, 6.07) is 4.55. The van der Waals surface area contributed by atoms with Gasteiger partial charge in [0.25, 0.3) is 5.91 Å². The summed E-state index contributed by atoms with van der Waals surface area (Å²) in [5.41, 5.74) is 0.654. The van der Waals surface area contributed by atoms with Crippen LogP contribution in [0.4, 0.5) is 10.1 Å². The second-order valence-electron chi connectivity index (χ2n) is 5.92. The Bertz CT molecular complexity index is 605. The molecule has 5 nitrogen and oxygen atoms in total. The number of nitrogens with one attached hydrogen (secondary N) is 1. The summed E-state index contributed by atoms with van der Waals surface area (Å²) in [4.78, 5) is 27.7. The van der Waals surface area contributed by atoms with Gasteiger partial charge >= 0.3 is 0 Å². The minimum absolute atomic E-state index is 0.0285. The second-order valence-corrected chi connectivity index (χ2v) is 5.92. The van der Waals surface area contributed by atoms with Crippen molar-refractivity contribution in [1.29, 1.82) is 0 Å². The van der Waals surface area contributed by atoms with Crippen molar-refractivity contribution in [1.82, 2.24) is 10.2 Å². The Labute approximate surface area is 129 Å². The smallest absolute Gasteiger partial charge is 0.257 e. The molecule has 1 N–H and O–H groups in total. The number of piperazine rings is 1. The monoisotopic (exact) mass is 305 g/mol. The molecular weight excluding hydrogens is 285 g/mol. The van der Waals surface area contributed by atoms with Gasteiger partial charge in [0.15, 0.2) is 0 Å². The van der Waals surface area contributed by atoms with E-state index in [4.69, 9.17) is 0 Å². The predicted octanol–water partition coefficient (Wildman–Crippen LogP) is 1.39. The zero-order chi connectivity index (χ0) is 15.7. The number of anilines is 1. The molecule has 1 aromatic rings. The lowest BCUT2D eigenvalue weighted by molar-refractivity contribution is -0.117. The topological polar surface area (TPSA) is 52.7 Å². The highest BCUT2D eigenvalue weighted by Crippen LogP contribution is 2.24. The van der Waals surface area contributed by atoms with Crippen molar-refractivity contribution in [3.63, 3.8) is 0 Å². The highest BCUT2D eigenvalue weighted by atomic mass is 19.1. The van der Waals surface area contributed by atoms with Crippen molar-refractivity contribution in [3.05, 3.63) is 29.6 Å². The molecule has 2 aliphatic rings. The predicted molar refractivity (Wildman–Crippen MR) is 81.4 cm³/mol. The zero-order valence-corrected chi connectivity index (χ0v) is 12.6. The average molecular weight is 305 g/mol. The fourth-order valence-corrected chi connectivity index (χ4v) is 3.05. The lowest BCUT2D eigenvalue weighted by Gasteiger charge is -2.32. The lowest BCUT2D eigenvalue weighted by Crippen LogP contribution is -2.51. The number of carbonyl (C=O) groups is 2. The SMILES string of the molecule is C[C@@H]1CN(C(=O)c2cc(N3CCCC3=O)ccc2F)CCN1. The van der Waals surface area contributed by atoms with Crippen LogP contribution in [-0.4, -0.2) is 48.9 Å². The van der Waals surface area contributed by atoms with Crippen molar-refractivity contribution in [3.8, 4) is 0 Å². The minimum atomic E-state index is -0.536. The van der Waals surface area contributed by atoms with Crippen molar-refractivity contribution in [2.45, 2.75) is 25.8 Å². The maximum Gasteiger partial charge on any atom is 0.257 e. The Morgan fingerprint density at radius 2 is 2.18 bits per heavy atom. The molecule has 2 fully saturated rings. The van der Waals surface area contributed by atoms with Crippen molar-refractivity contribution in [2.75, 3.05) is 31.1 Å². The summed E-state index contributed by atoms with van der Waals surface area (Å²) in [6.07, 6.45) is 1.31. The van der Waals surface area contributed by atoms with Gasteiger partial charge < -0.3 is 15.1 Å². The van der Waals surface area contributed by atoms with E-state index in [1.165, 1.54) is 12.1 Å². The van der Waals surface area contributed by atoms with Crippen LogP contribution in [0.2, 0.25) is 0 Å². The van der Waals surface area contributed by atoms with E-state index in [1.807, 2.05) is 6.92 Å². The number of benzene rings is 1. The van der Waals surface area contributed by atoms with Gasteiger partial charge in [-0.15, -0.1) is 0 Å². The molecule has 22 heavy (non-hydrogen) atoms. The van der Waals surface area contributed by atoms with Gasteiger partial charge in [-0.05, 0) is 31.5 Å². The first-order valence-corrected chi connectivity index (χ1v) is 7.69. The van der Waals surface area contributed by atoms with Gasteiger partial charge in [-0.25, -0.2) is 4.39 Å². The molecule has 0 spiro atoms. The fraction of sp³-hybridized carbons (Fsp3) is 0.500. The second kappa shape index (κ2) is 6.04. The van der Waals surface area contributed by atoms with Crippen molar-refractivity contribution in [2.24, 2.45) is 0 Å². The van der Waals surface area contributed by atoms with E-state index in [2.05, 4.69) is 5.32 Å². The lowest BCUT2D eigenvalue weighted by atomic mass is 10.1. The van der Waals surface area contributed by atoms with Gasteiger partial charge in [-0.2, -0.15) is 0 Å². The number of carbonyl (C=O) groups excluding carboxylic acids is 2. The first-order valence-electron chi connectivity index (χ1n) is 7.69. The molecule has 2 amide bonds. The van der Waals surface area contributed by atoms with Crippen LogP contribution in [0.3, 0.4) is 0 Å². The van der Waals surface area contributed by atoms with Crippen LogP contribution in [0.1, 0.15) is 30.1 Å². The first kappa shape index (κ1) is 15.0. The van der Waals surface area contributed by atoms with Crippen LogP contribution in [0, 0.1) is 5.82 Å². The largest absolute Gasteiger partial charge is 0.336 e. The molecule has 0 radical (unpaired) electrons. The number of hydrogen-bond acceptors (Lipinski definition) is 3. The molecule has 1 aromatic carbocycles. The molecule has 6 heteroatoms. The van der Waals surface area contributed by atoms with Gasteiger partial charge in [-0.3, -0.25) is 9.59 Å². The summed E-state index contributed by atoms with van der Waals surface area (Å²) in [5.74, 6) is -0.813. The van der Waals surface area contributed by atoms with Crippen LogP contribution in [-0.2, 0) is 4.79 Å². The summed E-state index contributed by atoms with van der Waals surface area (Å²) in [5, 5.41) is 3.25. The van der Waals surface area contributed by atoms with Gasteiger partial charge in [0.05, 0.1) is 5.56 Å². The highest BCUT2D eigenvalue weighted by Gasteiger charge is 2.27. The number of rotatable bonds is 2. The summed E-state index contributed by atoms with van der Waals surface area (Å²) in [6.45, 7) is 4.46. The van der Waals surface area contributed by atoms with Crippen LogP contribution < -0.4 is 10.2 Å². The molecule has 0 aromatic heterocycles. The van der Waals surface area contributed by atoms with Gasteiger partial charge in [0.1, 0.15) is 5.82 Å². The number of halogens is 1. The van der Waals surface area contributed by atoms with E-state index in [9.17, 15) is 14.0 Å². The van der Waals surface area contributed by atoms with E-state index in [0.717, 1.165) is 6.42 Å². The van der Waals surface area contributed by atoms with Gasteiger partial charge in [0.2, 0.25) is 5.91 Å². The van der Waals surface area contributed by atoms with Crippen molar-refractivity contribution < 1.29 is 14.0 Å². The molecule has 0 unspecified atom stereocenters. The summed E-state index contributed by atoms with van der Waals surface area (Å²) >= 11 is 0. The number of amides is 2. The normalized spacial score (nSPS) is 22.3. The molecule has 2 saturated heterocycles. The Kier molecular flexibility index (Phi) is 4.11. The Hall–Kier alpha value is -1.95. The molecule has 0 bridgehead atoms. The maximum absolute atomic E-state index is 14.1. The third-order valence-electron chi connectivity index (χ3n) is 4.22.